The molecule has 0 N–H and O–H groups in total. The van der Waals surface area contributed by atoms with E-state index in [1.165, 1.54) is 29.8 Å². The molecule has 0 unspecified atom stereocenters. The fourth-order valence-corrected chi connectivity index (χ4v) is 4.06. The summed E-state index contributed by atoms with van der Waals surface area (Å²) in [7, 11) is 0. The van der Waals surface area contributed by atoms with E-state index in [1.54, 1.807) is 24.3 Å². The fourth-order valence-electron chi connectivity index (χ4n) is 4.06. The smallest absolute Gasteiger partial charge is 0.123 e. The Morgan fingerprint density at radius 3 is 1.82 bits per heavy atom. The van der Waals surface area contributed by atoms with Gasteiger partial charge in [0.15, 0.2) is 0 Å². The SMILES string of the molecule is Cl.Fc1ccc(C(OCCN2CCN(C/C=C/c3ccccc3)CC2)c2ccc(F)cc2)cc1. The van der Waals surface area contributed by atoms with E-state index in [-0.39, 0.29) is 30.1 Å². The molecule has 3 aromatic rings. The molecule has 1 fully saturated rings. The van der Waals surface area contributed by atoms with Gasteiger partial charge in [0.05, 0.1) is 6.61 Å². The quantitative estimate of drug-likeness (QED) is 0.380. The van der Waals surface area contributed by atoms with E-state index in [0.717, 1.165) is 50.4 Å². The van der Waals surface area contributed by atoms with Crippen LogP contribution in [0.4, 0.5) is 8.78 Å². The third-order valence-corrected chi connectivity index (χ3v) is 5.98. The van der Waals surface area contributed by atoms with Crippen molar-refractivity contribution < 1.29 is 13.5 Å². The molecule has 0 bridgehead atoms. The third-order valence-electron chi connectivity index (χ3n) is 5.98. The molecule has 1 aliphatic rings. The second-order valence-electron chi connectivity index (χ2n) is 8.31. The summed E-state index contributed by atoms with van der Waals surface area (Å²) in [6, 6.07) is 23.0. The Bertz CT molecular complexity index is 959. The molecule has 0 radical (unpaired) electrons. The van der Waals surface area contributed by atoms with Crippen LogP contribution in [-0.4, -0.2) is 55.7 Å². The van der Waals surface area contributed by atoms with Crippen LogP contribution in [0.15, 0.2) is 84.9 Å². The van der Waals surface area contributed by atoms with Gasteiger partial charge in [0.1, 0.15) is 17.7 Å². The van der Waals surface area contributed by atoms with E-state index in [1.807, 2.05) is 6.07 Å². The van der Waals surface area contributed by atoms with Gasteiger partial charge in [-0.3, -0.25) is 9.80 Å². The van der Waals surface area contributed by atoms with Crippen molar-refractivity contribution in [3.05, 3.63) is 113 Å². The number of nitrogens with zero attached hydrogens (tertiary/aromatic N) is 2. The molecule has 1 heterocycles. The highest BCUT2D eigenvalue weighted by molar-refractivity contribution is 5.85. The molecular formula is C28H31ClF2N2O. The van der Waals surface area contributed by atoms with Gasteiger partial charge < -0.3 is 4.74 Å². The van der Waals surface area contributed by atoms with Crippen molar-refractivity contribution >= 4 is 18.5 Å². The molecule has 4 rings (SSSR count). The molecule has 0 spiro atoms. The van der Waals surface area contributed by atoms with Gasteiger partial charge in [0, 0.05) is 39.3 Å². The first-order chi connectivity index (χ1) is 16.2. The topological polar surface area (TPSA) is 15.7 Å². The van der Waals surface area contributed by atoms with Crippen molar-refractivity contribution in [2.45, 2.75) is 6.10 Å². The maximum Gasteiger partial charge on any atom is 0.123 e. The average Bonchev–Trinajstić information content (AvgIpc) is 2.85. The summed E-state index contributed by atoms with van der Waals surface area (Å²) in [5, 5.41) is 0. The number of halogens is 3. The summed E-state index contributed by atoms with van der Waals surface area (Å²) in [4.78, 5) is 4.86. The average molecular weight is 485 g/mol. The van der Waals surface area contributed by atoms with Gasteiger partial charge in [-0.1, -0.05) is 66.7 Å². The Hall–Kier alpha value is -2.57. The van der Waals surface area contributed by atoms with E-state index in [2.05, 4.69) is 46.2 Å². The minimum Gasteiger partial charge on any atom is -0.367 e. The monoisotopic (exact) mass is 484 g/mol. The Labute approximate surface area is 207 Å². The zero-order valence-electron chi connectivity index (χ0n) is 19.2. The summed E-state index contributed by atoms with van der Waals surface area (Å²) in [6.45, 7) is 6.38. The molecule has 0 atom stereocenters. The van der Waals surface area contributed by atoms with Crippen LogP contribution in [0.3, 0.4) is 0 Å². The second kappa shape index (κ2) is 13.4. The molecule has 0 aromatic heterocycles. The van der Waals surface area contributed by atoms with Crippen LogP contribution < -0.4 is 0 Å². The Balaban J connectivity index is 0.00000324. The molecule has 1 aliphatic heterocycles. The molecule has 3 nitrogen and oxygen atoms in total. The molecular weight excluding hydrogens is 454 g/mol. The predicted octanol–water partition coefficient (Wildman–Crippen LogP) is 5.82. The lowest BCUT2D eigenvalue weighted by Crippen LogP contribution is -2.47. The predicted molar refractivity (Wildman–Crippen MR) is 136 cm³/mol. The third kappa shape index (κ3) is 7.74. The molecule has 1 saturated heterocycles. The Kier molecular flexibility index (Phi) is 10.2. The number of piperazine rings is 1. The molecule has 0 aliphatic carbocycles. The number of hydrogen-bond donors (Lipinski definition) is 0. The lowest BCUT2D eigenvalue weighted by Gasteiger charge is -2.34. The summed E-state index contributed by atoms with van der Waals surface area (Å²) in [5.74, 6) is -0.568. The number of hydrogen-bond acceptors (Lipinski definition) is 3. The van der Waals surface area contributed by atoms with Crippen LogP contribution in [0.1, 0.15) is 22.8 Å². The van der Waals surface area contributed by atoms with Gasteiger partial charge in [-0.2, -0.15) is 0 Å². The maximum atomic E-state index is 13.4. The summed E-state index contributed by atoms with van der Waals surface area (Å²) in [5.41, 5.74) is 2.95. The largest absolute Gasteiger partial charge is 0.367 e. The van der Waals surface area contributed by atoms with Crippen molar-refractivity contribution in [2.75, 3.05) is 45.9 Å². The molecule has 6 heteroatoms. The van der Waals surface area contributed by atoms with Gasteiger partial charge in [-0.15, -0.1) is 12.4 Å². The number of ether oxygens (including phenoxy) is 1. The normalized spacial score (nSPS) is 15.0. The van der Waals surface area contributed by atoms with E-state index in [9.17, 15) is 8.78 Å². The highest BCUT2D eigenvalue weighted by Crippen LogP contribution is 2.26. The number of rotatable bonds is 9. The first kappa shape index (κ1) is 26.0. The maximum absolute atomic E-state index is 13.4. The van der Waals surface area contributed by atoms with Crippen LogP contribution >= 0.6 is 12.4 Å². The summed E-state index contributed by atoms with van der Waals surface area (Å²) in [6.07, 6.45) is 4.05. The Morgan fingerprint density at radius 2 is 1.26 bits per heavy atom. The molecule has 3 aromatic carbocycles. The highest BCUT2D eigenvalue weighted by atomic mass is 35.5. The summed E-state index contributed by atoms with van der Waals surface area (Å²) < 4.78 is 33.0. The van der Waals surface area contributed by atoms with Gasteiger partial charge in [0.25, 0.3) is 0 Å². The zero-order chi connectivity index (χ0) is 22.9. The van der Waals surface area contributed by atoms with Crippen molar-refractivity contribution in [3.8, 4) is 0 Å². The van der Waals surface area contributed by atoms with Crippen LogP contribution in [0, 0.1) is 11.6 Å². The lowest BCUT2D eigenvalue weighted by atomic mass is 10.0. The molecule has 0 saturated carbocycles. The van der Waals surface area contributed by atoms with Crippen LogP contribution in [0.25, 0.3) is 6.08 Å². The molecule has 0 amide bonds. The minimum atomic E-state index is -0.351. The minimum absolute atomic E-state index is 0. The first-order valence-electron chi connectivity index (χ1n) is 11.5. The van der Waals surface area contributed by atoms with Crippen molar-refractivity contribution in [1.29, 1.82) is 0 Å². The Morgan fingerprint density at radius 1 is 0.735 bits per heavy atom. The second-order valence-corrected chi connectivity index (χ2v) is 8.31. The highest BCUT2D eigenvalue weighted by Gasteiger charge is 2.18. The zero-order valence-corrected chi connectivity index (χ0v) is 20.0. The standard InChI is InChI=1S/C28H30F2N2O.ClH/c29-26-12-8-24(9-13-26)28(25-10-14-27(30)15-11-25)33-22-21-32-19-17-31(18-20-32)16-4-7-23-5-2-1-3-6-23;/h1-15,28H,16-22H2;1H/b7-4+;. The van der Waals surface area contributed by atoms with E-state index in [0.29, 0.717) is 6.61 Å². The van der Waals surface area contributed by atoms with E-state index >= 15 is 0 Å². The molecule has 180 valence electrons. The van der Waals surface area contributed by atoms with Gasteiger partial charge in [-0.25, -0.2) is 8.78 Å². The van der Waals surface area contributed by atoms with Gasteiger partial charge in [0.2, 0.25) is 0 Å². The van der Waals surface area contributed by atoms with Crippen molar-refractivity contribution in [2.24, 2.45) is 0 Å². The molecule has 34 heavy (non-hydrogen) atoms. The summed E-state index contributed by atoms with van der Waals surface area (Å²) >= 11 is 0. The fraction of sp³-hybridized carbons (Fsp3) is 0.286. The van der Waals surface area contributed by atoms with Gasteiger partial charge in [-0.05, 0) is 41.0 Å². The van der Waals surface area contributed by atoms with Crippen LogP contribution in [0.2, 0.25) is 0 Å². The van der Waals surface area contributed by atoms with Crippen molar-refractivity contribution in [3.63, 3.8) is 0 Å². The lowest BCUT2D eigenvalue weighted by molar-refractivity contribution is 0.0467. The number of benzene rings is 3. The van der Waals surface area contributed by atoms with E-state index in [4.69, 9.17) is 4.74 Å². The first-order valence-corrected chi connectivity index (χ1v) is 11.5. The van der Waals surface area contributed by atoms with E-state index < -0.39 is 0 Å². The van der Waals surface area contributed by atoms with Gasteiger partial charge >= 0.3 is 0 Å². The van der Waals surface area contributed by atoms with Crippen LogP contribution in [0.5, 0.6) is 0 Å². The van der Waals surface area contributed by atoms with Crippen LogP contribution in [-0.2, 0) is 4.74 Å². The van der Waals surface area contributed by atoms with Crippen molar-refractivity contribution in [1.82, 2.24) is 9.80 Å².